The number of aryl methyl sites for hydroxylation is 2. The van der Waals surface area contributed by atoms with Gasteiger partial charge in [-0.2, -0.15) is 15.2 Å². The highest BCUT2D eigenvalue weighted by Gasteiger charge is 2.45. The number of rotatable bonds is 5. The van der Waals surface area contributed by atoms with Crippen LogP contribution in [0.25, 0.3) is 17.2 Å². The van der Waals surface area contributed by atoms with E-state index in [0.717, 1.165) is 5.56 Å². The molecular formula is C22H23N9O2. The summed E-state index contributed by atoms with van der Waals surface area (Å²) in [5.41, 5.74) is 1.05. The molecule has 4 aromatic heterocycles. The predicted octanol–water partition coefficient (Wildman–Crippen LogP) is 1.56. The number of likely N-dealkylation sites (tertiary alicyclic amines) is 1. The fourth-order valence-corrected chi connectivity index (χ4v) is 3.90. The second kappa shape index (κ2) is 7.78. The minimum atomic E-state index is -1.54. The zero-order valence-electron chi connectivity index (χ0n) is 18.5. The third-order valence-electron chi connectivity index (χ3n) is 5.72. The number of aromatic nitrogens is 7. The van der Waals surface area contributed by atoms with Gasteiger partial charge in [-0.05, 0) is 30.2 Å². The fourth-order valence-electron chi connectivity index (χ4n) is 3.90. The van der Waals surface area contributed by atoms with Gasteiger partial charge in [-0.1, -0.05) is 0 Å². The first-order chi connectivity index (χ1) is 15.8. The van der Waals surface area contributed by atoms with Crippen molar-refractivity contribution in [2.45, 2.75) is 18.9 Å². The van der Waals surface area contributed by atoms with Gasteiger partial charge in [0.2, 0.25) is 5.95 Å². The van der Waals surface area contributed by atoms with Crippen molar-refractivity contribution in [1.82, 2.24) is 39.4 Å². The minimum Gasteiger partial charge on any atom is -0.375 e. The molecular weight excluding hydrogens is 422 g/mol. The van der Waals surface area contributed by atoms with Crippen molar-refractivity contribution < 1.29 is 9.90 Å². The van der Waals surface area contributed by atoms with E-state index in [1.807, 2.05) is 32.4 Å². The molecule has 2 N–H and O–H groups in total. The largest absolute Gasteiger partial charge is 0.375 e. The molecule has 1 fully saturated rings. The summed E-state index contributed by atoms with van der Waals surface area (Å²) in [5, 5.41) is 23.0. The monoisotopic (exact) mass is 445 g/mol. The maximum absolute atomic E-state index is 12.5. The zero-order chi connectivity index (χ0) is 23.2. The lowest BCUT2D eigenvalue weighted by Crippen LogP contribution is -2.36. The predicted molar refractivity (Wildman–Crippen MR) is 120 cm³/mol. The number of nitrogens with zero attached hydrogens (tertiary/aromatic N) is 8. The smallest absolute Gasteiger partial charge is 0.258 e. The molecule has 0 spiro atoms. The molecule has 168 valence electrons. The average molecular weight is 445 g/mol. The van der Waals surface area contributed by atoms with Crippen molar-refractivity contribution in [3.63, 3.8) is 0 Å². The molecule has 0 aliphatic carbocycles. The van der Waals surface area contributed by atoms with E-state index in [9.17, 15) is 9.90 Å². The highest BCUT2D eigenvalue weighted by Crippen LogP contribution is 2.34. The van der Waals surface area contributed by atoms with Gasteiger partial charge in [0.1, 0.15) is 5.69 Å². The highest BCUT2D eigenvalue weighted by molar-refractivity contribution is 5.88. The Hall–Kier alpha value is -4.12. The van der Waals surface area contributed by atoms with Gasteiger partial charge in [0.05, 0.1) is 5.69 Å². The molecule has 5 rings (SSSR count). The first-order valence-electron chi connectivity index (χ1n) is 10.4. The van der Waals surface area contributed by atoms with Gasteiger partial charge in [0.25, 0.3) is 5.91 Å². The van der Waals surface area contributed by atoms with Crippen LogP contribution in [0.1, 0.15) is 17.5 Å². The van der Waals surface area contributed by atoms with Crippen LogP contribution in [0.15, 0.2) is 49.1 Å². The van der Waals surface area contributed by atoms with Crippen LogP contribution in [0.2, 0.25) is 0 Å². The van der Waals surface area contributed by atoms with Gasteiger partial charge in [-0.15, -0.1) is 0 Å². The van der Waals surface area contributed by atoms with Gasteiger partial charge >= 0.3 is 0 Å². The summed E-state index contributed by atoms with van der Waals surface area (Å²) in [7, 11) is 3.52. The molecule has 1 aliphatic heterocycles. The molecule has 0 aromatic carbocycles. The van der Waals surface area contributed by atoms with Crippen molar-refractivity contribution >= 4 is 17.7 Å². The third-order valence-corrected chi connectivity index (χ3v) is 5.72. The number of aliphatic hydroxyl groups is 1. The van der Waals surface area contributed by atoms with Gasteiger partial charge in [0.15, 0.2) is 17.2 Å². The Kier molecular flexibility index (Phi) is 4.90. The standard InChI is InChI=1S/C22H23N9O2/c1-14-13-31(18-5-9-24-21(26-18)25-17-6-10-30(3)27-17)28-19(14)16-12-15(4-8-23-16)22(33)7-11-29(2)20(22)32/h4-6,8-10,12-13,33H,7,11H2,1-3H3,(H,24,25,26,27)/t22-/m1/s1. The number of nitrogens with one attached hydrogen (secondary N) is 1. The first-order valence-corrected chi connectivity index (χ1v) is 10.4. The number of amides is 1. The Balaban J connectivity index is 1.45. The molecule has 11 heteroatoms. The lowest BCUT2D eigenvalue weighted by Gasteiger charge is -2.21. The molecule has 0 radical (unpaired) electrons. The van der Waals surface area contributed by atoms with Gasteiger partial charge in [-0.3, -0.25) is 14.5 Å². The summed E-state index contributed by atoms with van der Waals surface area (Å²) in [6.45, 7) is 2.42. The molecule has 0 bridgehead atoms. The molecule has 11 nitrogen and oxygen atoms in total. The molecule has 1 amide bonds. The van der Waals surface area contributed by atoms with E-state index in [4.69, 9.17) is 0 Å². The summed E-state index contributed by atoms with van der Waals surface area (Å²) in [5.74, 6) is 1.29. The summed E-state index contributed by atoms with van der Waals surface area (Å²) in [4.78, 5) is 27.2. The normalized spacial score (nSPS) is 18.2. The van der Waals surface area contributed by atoms with Crippen molar-refractivity contribution in [3.05, 3.63) is 60.2 Å². The Labute approximate surface area is 189 Å². The van der Waals surface area contributed by atoms with Crippen LogP contribution in [-0.2, 0) is 17.4 Å². The highest BCUT2D eigenvalue weighted by atomic mass is 16.3. The number of hydrogen-bond donors (Lipinski definition) is 2. The van der Waals surface area contributed by atoms with Gasteiger partial charge in [0, 0.05) is 64.0 Å². The van der Waals surface area contributed by atoms with E-state index >= 15 is 0 Å². The third kappa shape index (κ3) is 3.72. The van der Waals surface area contributed by atoms with E-state index in [0.29, 0.717) is 47.5 Å². The van der Waals surface area contributed by atoms with E-state index in [1.165, 1.54) is 4.90 Å². The molecule has 4 aromatic rings. The lowest BCUT2D eigenvalue weighted by atomic mass is 9.92. The summed E-state index contributed by atoms with van der Waals surface area (Å²) in [6, 6.07) is 6.97. The number of likely N-dealkylation sites (N-methyl/N-ethyl adjacent to an activating group) is 1. The Morgan fingerprint density at radius 1 is 1.12 bits per heavy atom. The molecule has 0 unspecified atom stereocenters. The number of pyridine rings is 1. The number of carbonyl (C=O) groups is 1. The molecule has 1 saturated heterocycles. The zero-order valence-corrected chi connectivity index (χ0v) is 18.5. The van der Waals surface area contributed by atoms with E-state index in [-0.39, 0.29) is 5.91 Å². The quantitative estimate of drug-likeness (QED) is 0.474. The summed E-state index contributed by atoms with van der Waals surface area (Å²) in [6.07, 6.45) is 7.24. The molecule has 1 aliphatic rings. The Morgan fingerprint density at radius 3 is 2.67 bits per heavy atom. The van der Waals surface area contributed by atoms with Crippen molar-refractivity contribution in [1.29, 1.82) is 0 Å². The van der Waals surface area contributed by atoms with Crippen LogP contribution >= 0.6 is 0 Å². The Bertz CT molecular complexity index is 1350. The van der Waals surface area contributed by atoms with Crippen molar-refractivity contribution in [3.8, 4) is 17.2 Å². The van der Waals surface area contributed by atoms with Crippen LogP contribution in [0.3, 0.4) is 0 Å². The number of anilines is 2. The van der Waals surface area contributed by atoms with Crippen LogP contribution in [-0.4, -0.2) is 64.0 Å². The average Bonchev–Trinajstić information content (AvgIpc) is 3.48. The van der Waals surface area contributed by atoms with Crippen LogP contribution in [0, 0.1) is 6.92 Å². The maximum Gasteiger partial charge on any atom is 0.258 e. The second-order valence-corrected chi connectivity index (χ2v) is 8.11. The van der Waals surface area contributed by atoms with Crippen LogP contribution in [0.5, 0.6) is 0 Å². The van der Waals surface area contributed by atoms with Gasteiger partial charge < -0.3 is 15.3 Å². The van der Waals surface area contributed by atoms with Crippen molar-refractivity contribution in [2.75, 3.05) is 18.9 Å². The molecule has 5 heterocycles. The van der Waals surface area contributed by atoms with Crippen molar-refractivity contribution in [2.24, 2.45) is 7.05 Å². The molecule has 0 saturated carbocycles. The van der Waals surface area contributed by atoms with E-state index in [1.54, 1.807) is 47.0 Å². The number of carbonyl (C=O) groups excluding carboxylic acids is 1. The van der Waals surface area contributed by atoms with E-state index < -0.39 is 5.60 Å². The number of hydrogen-bond acceptors (Lipinski definition) is 8. The summed E-state index contributed by atoms with van der Waals surface area (Å²) >= 11 is 0. The fraction of sp³-hybridized carbons (Fsp3) is 0.273. The molecule has 33 heavy (non-hydrogen) atoms. The van der Waals surface area contributed by atoms with E-state index in [2.05, 4.69) is 30.5 Å². The second-order valence-electron chi connectivity index (χ2n) is 8.11. The van der Waals surface area contributed by atoms with Crippen LogP contribution in [0.4, 0.5) is 11.8 Å². The van der Waals surface area contributed by atoms with Crippen LogP contribution < -0.4 is 5.32 Å². The lowest BCUT2D eigenvalue weighted by molar-refractivity contribution is -0.143. The maximum atomic E-state index is 12.5. The first kappa shape index (κ1) is 20.8. The Morgan fingerprint density at radius 2 is 1.94 bits per heavy atom. The summed E-state index contributed by atoms with van der Waals surface area (Å²) < 4.78 is 3.33. The molecule has 1 atom stereocenters. The topological polar surface area (TPSA) is 127 Å². The van der Waals surface area contributed by atoms with Gasteiger partial charge in [-0.25, -0.2) is 9.67 Å². The SMILES string of the molecule is Cc1cn(-c2ccnc(Nc3ccn(C)n3)n2)nc1-c1cc([C@]2(O)CCN(C)C2=O)ccn1. The minimum absolute atomic E-state index is 0.309.